The SMILES string of the molecule is O=C(NC1CC1)c1ccc(N2CCCC2c2ccc3c(c2)OCO3)c([N+](=O)[O-])c1. The Bertz CT molecular complexity index is 988. The van der Waals surface area contributed by atoms with Crippen LogP contribution < -0.4 is 19.7 Å². The van der Waals surface area contributed by atoms with Gasteiger partial charge in [-0.25, -0.2) is 0 Å². The second-order valence-electron chi connectivity index (χ2n) is 7.67. The molecule has 1 atom stereocenters. The standard InChI is InChI=1S/C21H21N3O5/c25-21(22-15-5-6-15)14-3-7-17(18(10-14)24(26)27)23-9-1-2-16(23)13-4-8-19-20(11-13)29-12-28-19/h3-4,7-8,10-11,15-16H,1-2,5-6,9,12H2,(H,22,25). The van der Waals surface area contributed by atoms with E-state index in [4.69, 9.17) is 9.47 Å². The molecular weight excluding hydrogens is 374 g/mol. The number of nitro groups is 1. The van der Waals surface area contributed by atoms with Crippen LogP contribution in [0.15, 0.2) is 36.4 Å². The lowest BCUT2D eigenvalue weighted by Gasteiger charge is -2.27. The van der Waals surface area contributed by atoms with E-state index >= 15 is 0 Å². The lowest BCUT2D eigenvalue weighted by Crippen LogP contribution is -2.26. The third-order valence-corrected chi connectivity index (χ3v) is 5.69. The fourth-order valence-electron chi connectivity index (χ4n) is 4.07. The van der Waals surface area contributed by atoms with Gasteiger partial charge in [0.25, 0.3) is 11.6 Å². The summed E-state index contributed by atoms with van der Waals surface area (Å²) in [5, 5.41) is 14.7. The Morgan fingerprint density at radius 3 is 2.72 bits per heavy atom. The maximum Gasteiger partial charge on any atom is 0.293 e. The van der Waals surface area contributed by atoms with E-state index < -0.39 is 4.92 Å². The molecule has 0 bridgehead atoms. The van der Waals surface area contributed by atoms with Crippen molar-refractivity contribution in [3.05, 3.63) is 57.6 Å². The summed E-state index contributed by atoms with van der Waals surface area (Å²) in [5.74, 6) is 1.17. The molecule has 8 nitrogen and oxygen atoms in total. The van der Waals surface area contributed by atoms with E-state index in [9.17, 15) is 14.9 Å². The van der Waals surface area contributed by atoms with Crippen LogP contribution >= 0.6 is 0 Å². The molecule has 1 N–H and O–H groups in total. The fraction of sp³-hybridized carbons (Fsp3) is 0.381. The highest BCUT2D eigenvalue weighted by atomic mass is 16.7. The van der Waals surface area contributed by atoms with E-state index in [-0.39, 0.29) is 30.5 Å². The highest BCUT2D eigenvalue weighted by Gasteiger charge is 2.33. The molecule has 29 heavy (non-hydrogen) atoms. The van der Waals surface area contributed by atoms with Gasteiger partial charge < -0.3 is 19.7 Å². The van der Waals surface area contributed by atoms with Crippen LogP contribution in [0.25, 0.3) is 0 Å². The van der Waals surface area contributed by atoms with Crippen LogP contribution in [-0.2, 0) is 0 Å². The Labute approximate surface area is 167 Å². The molecule has 8 heteroatoms. The molecule has 150 valence electrons. The van der Waals surface area contributed by atoms with Gasteiger partial charge in [-0.1, -0.05) is 6.07 Å². The van der Waals surface area contributed by atoms with Crippen molar-refractivity contribution < 1.29 is 19.2 Å². The normalized spacial score (nSPS) is 20.0. The summed E-state index contributed by atoms with van der Waals surface area (Å²) in [7, 11) is 0. The largest absolute Gasteiger partial charge is 0.454 e. The van der Waals surface area contributed by atoms with E-state index in [0.717, 1.165) is 37.0 Å². The molecule has 3 aliphatic rings. The number of fused-ring (bicyclic) bond motifs is 1. The van der Waals surface area contributed by atoms with Crippen LogP contribution in [-0.4, -0.2) is 30.2 Å². The number of rotatable bonds is 5. The van der Waals surface area contributed by atoms with Crippen molar-refractivity contribution in [2.75, 3.05) is 18.2 Å². The Kier molecular flexibility index (Phi) is 4.26. The Balaban J connectivity index is 1.46. The van der Waals surface area contributed by atoms with Gasteiger partial charge in [-0.15, -0.1) is 0 Å². The van der Waals surface area contributed by atoms with Crippen molar-refractivity contribution in [1.29, 1.82) is 0 Å². The summed E-state index contributed by atoms with van der Waals surface area (Å²) >= 11 is 0. The third-order valence-electron chi connectivity index (χ3n) is 5.69. The molecule has 1 aliphatic carbocycles. The number of hydrogen-bond donors (Lipinski definition) is 1. The number of benzene rings is 2. The number of carbonyl (C=O) groups excluding carboxylic acids is 1. The summed E-state index contributed by atoms with van der Waals surface area (Å²) in [6, 6.07) is 10.8. The first-order valence-electron chi connectivity index (χ1n) is 9.85. The summed E-state index contributed by atoms with van der Waals surface area (Å²) in [4.78, 5) is 25.8. The predicted molar refractivity (Wildman–Crippen MR) is 105 cm³/mol. The maximum atomic E-state index is 12.3. The van der Waals surface area contributed by atoms with Crippen LogP contribution in [0, 0.1) is 10.1 Å². The number of nitrogens with one attached hydrogen (secondary N) is 1. The number of carbonyl (C=O) groups is 1. The van der Waals surface area contributed by atoms with Crippen molar-refractivity contribution in [3.8, 4) is 11.5 Å². The molecule has 1 saturated carbocycles. The number of anilines is 1. The number of nitrogens with zero attached hydrogens (tertiary/aromatic N) is 2. The van der Waals surface area contributed by atoms with Crippen LogP contribution in [0.4, 0.5) is 11.4 Å². The van der Waals surface area contributed by atoms with Gasteiger partial charge in [0.2, 0.25) is 6.79 Å². The molecule has 2 heterocycles. The maximum absolute atomic E-state index is 12.3. The number of amides is 1. The van der Waals surface area contributed by atoms with Crippen LogP contribution in [0.1, 0.15) is 47.6 Å². The van der Waals surface area contributed by atoms with Crippen molar-refractivity contribution in [1.82, 2.24) is 5.32 Å². The first kappa shape index (κ1) is 17.8. The quantitative estimate of drug-likeness (QED) is 0.615. The molecule has 1 amide bonds. The smallest absolute Gasteiger partial charge is 0.293 e. The van der Waals surface area contributed by atoms with Gasteiger partial charge in [-0.2, -0.15) is 0 Å². The van der Waals surface area contributed by atoms with E-state index in [1.165, 1.54) is 6.07 Å². The first-order chi connectivity index (χ1) is 14.1. The summed E-state index contributed by atoms with van der Waals surface area (Å²) < 4.78 is 10.9. The van der Waals surface area contributed by atoms with Crippen molar-refractivity contribution in [3.63, 3.8) is 0 Å². The Hall–Kier alpha value is -3.29. The second kappa shape index (κ2) is 6.95. The van der Waals surface area contributed by atoms with Crippen LogP contribution in [0.5, 0.6) is 11.5 Å². The summed E-state index contributed by atoms with van der Waals surface area (Å²) in [6.07, 6.45) is 3.76. The number of hydrogen-bond acceptors (Lipinski definition) is 6. The molecule has 2 fully saturated rings. The molecule has 1 saturated heterocycles. The van der Waals surface area contributed by atoms with Crippen molar-refractivity contribution in [2.45, 2.75) is 37.8 Å². The van der Waals surface area contributed by atoms with Gasteiger partial charge in [0.05, 0.1) is 11.0 Å². The highest BCUT2D eigenvalue weighted by molar-refractivity contribution is 5.96. The average molecular weight is 395 g/mol. The monoisotopic (exact) mass is 395 g/mol. The van der Waals surface area contributed by atoms with Gasteiger partial charge in [0.15, 0.2) is 11.5 Å². The van der Waals surface area contributed by atoms with Crippen molar-refractivity contribution >= 4 is 17.3 Å². The van der Waals surface area contributed by atoms with Crippen molar-refractivity contribution in [2.24, 2.45) is 0 Å². The molecular formula is C21H21N3O5. The van der Waals surface area contributed by atoms with E-state index in [2.05, 4.69) is 10.2 Å². The molecule has 0 spiro atoms. The first-order valence-corrected chi connectivity index (χ1v) is 9.85. The Morgan fingerprint density at radius 1 is 1.10 bits per heavy atom. The zero-order valence-electron chi connectivity index (χ0n) is 15.8. The molecule has 2 aromatic rings. The minimum atomic E-state index is -0.405. The van der Waals surface area contributed by atoms with Gasteiger partial charge in [0, 0.05) is 24.2 Å². The lowest BCUT2D eigenvalue weighted by atomic mass is 10.0. The minimum absolute atomic E-state index is 0.00865. The predicted octanol–water partition coefficient (Wildman–Crippen LogP) is 3.56. The second-order valence-corrected chi connectivity index (χ2v) is 7.67. The van der Waals surface area contributed by atoms with E-state index in [1.54, 1.807) is 12.1 Å². The molecule has 2 aromatic carbocycles. The van der Waals surface area contributed by atoms with Gasteiger partial charge in [0.1, 0.15) is 5.69 Å². The van der Waals surface area contributed by atoms with Crippen LogP contribution in [0.2, 0.25) is 0 Å². The zero-order chi connectivity index (χ0) is 20.0. The molecule has 1 unspecified atom stereocenters. The summed E-state index contributed by atoms with van der Waals surface area (Å²) in [6.45, 7) is 0.927. The number of nitro benzene ring substituents is 1. The molecule has 2 aliphatic heterocycles. The topological polar surface area (TPSA) is 93.9 Å². The molecule has 5 rings (SSSR count). The Morgan fingerprint density at radius 2 is 1.93 bits per heavy atom. The summed E-state index contributed by atoms with van der Waals surface area (Å²) in [5.41, 5.74) is 1.86. The molecule has 0 aromatic heterocycles. The van der Waals surface area contributed by atoms with Crippen LogP contribution in [0.3, 0.4) is 0 Å². The fourth-order valence-corrected chi connectivity index (χ4v) is 4.07. The lowest BCUT2D eigenvalue weighted by molar-refractivity contribution is -0.384. The minimum Gasteiger partial charge on any atom is -0.454 e. The third kappa shape index (κ3) is 3.35. The number of ether oxygens (including phenoxy) is 2. The average Bonchev–Trinajstić information content (AvgIpc) is 3.21. The zero-order valence-corrected chi connectivity index (χ0v) is 15.8. The van der Waals surface area contributed by atoms with E-state index in [0.29, 0.717) is 23.5 Å². The van der Waals surface area contributed by atoms with E-state index in [1.807, 2.05) is 18.2 Å². The van der Waals surface area contributed by atoms with Gasteiger partial charge >= 0.3 is 0 Å². The molecule has 0 radical (unpaired) electrons. The van der Waals surface area contributed by atoms with Gasteiger partial charge in [-0.05, 0) is 55.5 Å². The highest BCUT2D eigenvalue weighted by Crippen LogP contribution is 2.43. The van der Waals surface area contributed by atoms with Gasteiger partial charge in [-0.3, -0.25) is 14.9 Å².